The van der Waals surface area contributed by atoms with Crippen LogP contribution in [-0.2, 0) is 4.84 Å². The molecule has 11 heavy (non-hydrogen) atoms. The van der Waals surface area contributed by atoms with Crippen LogP contribution >= 0.6 is 0 Å². The summed E-state index contributed by atoms with van der Waals surface area (Å²) in [5.74, 6) is 0. The van der Waals surface area contributed by atoms with E-state index < -0.39 is 0 Å². The SMILES string of the molecule is CONc1cc(C)ccc1C. The van der Waals surface area contributed by atoms with Crippen LogP contribution in [0.1, 0.15) is 11.1 Å². The van der Waals surface area contributed by atoms with Gasteiger partial charge in [-0.2, -0.15) is 0 Å². The van der Waals surface area contributed by atoms with Crippen LogP contribution in [0.25, 0.3) is 0 Å². The molecule has 0 bridgehead atoms. The summed E-state index contributed by atoms with van der Waals surface area (Å²) >= 11 is 0. The minimum atomic E-state index is 1.03. The number of rotatable bonds is 2. The van der Waals surface area contributed by atoms with Gasteiger partial charge >= 0.3 is 0 Å². The van der Waals surface area contributed by atoms with Crippen LogP contribution in [0.3, 0.4) is 0 Å². The maximum atomic E-state index is 4.81. The van der Waals surface area contributed by atoms with Gasteiger partial charge in [0.15, 0.2) is 0 Å². The molecule has 0 spiro atoms. The highest BCUT2D eigenvalue weighted by atomic mass is 16.6. The fourth-order valence-electron chi connectivity index (χ4n) is 0.956. The molecule has 0 aliphatic rings. The lowest BCUT2D eigenvalue weighted by Crippen LogP contribution is -1.97. The second-order valence-electron chi connectivity index (χ2n) is 2.62. The van der Waals surface area contributed by atoms with Crippen molar-refractivity contribution in [2.24, 2.45) is 0 Å². The summed E-state index contributed by atoms with van der Waals surface area (Å²) in [6.07, 6.45) is 0. The first-order chi connectivity index (χ1) is 5.24. The largest absolute Gasteiger partial charge is 0.279 e. The molecule has 0 amide bonds. The Morgan fingerprint density at radius 2 is 2.00 bits per heavy atom. The Balaban J connectivity index is 2.93. The topological polar surface area (TPSA) is 21.3 Å². The highest BCUT2D eigenvalue weighted by molar-refractivity contribution is 5.50. The zero-order chi connectivity index (χ0) is 8.27. The van der Waals surface area contributed by atoms with Crippen LogP contribution in [0.4, 0.5) is 5.69 Å². The van der Waals surface area contributed by atoms with E-state index in [0.29, 0.717) is 0 Å². The molecule has 0 aliphatic heterocycles. The maximum absolute atomic E-state index is 4.81. The van der Waals surface area contributed by atoms with E-state index in [2.05, 4.69) is 30.6 Å². The van der Waals surface area contributed by atoms with Crippen molar-refractivity contribution in [2.45, 2.75) is 13.8 Å². The average molecular weight is 151 g/mol. The third-order valence-electron chi connectivity index (χ3n) is 1.61. The number of benzene rings is 1. The molecule has 0 atom stereocenters. The van der Waals surface area contributed by atoms with Crippen LogP contribution in [0.2, 0.25) is 0 Å². The minimum absolute atomic E-state index is 1.03. The standard InChI is InChI=1S/C9H13NO/c1-7-4-5-8(2)9(6-7)10-11-3/h4-6,10H,1-3H3. The summed E-state index contributed by atoms with van der Waals surface area (Å²) in [5.41, 5.74) is 6.28. The summed E-state index contributed by atoms with van der Waals surface area (Å²) in [5, 5.41) is 0. The Morgan fingerprint density at radius 1 is 1.27 bits per heavy atom. The lowest BCUT2D eigenvalue weighted by molar-refractivity contribution is 0.270. The number of anilines is 1. The van der Waals surface area contributed by atoms with Crippen LogP contribution < -0.4 is 5.48 Å². The summed E-state index contributed by atoms with van der Waals surface area (Å²) in [4.78, 5) is 4.81. The molecule has 0 heterocycles. The lowest BCUT2D eigenvalue weighted by Gasteiger charge is -2.06. The Kier molecular flexibility index (Phi) is 2.49. The normalized spacial score (nSPS) is 9.73. The van der Waals surface area contributed by atoms with E-state index in [1.807, 2.05) is 6.92 Å². The fraction of sp³-hybridized carbons (Fsp3) is 0.333. The zero-order valence-electron chi connectivity index (χ0n) is 7.14. The number of aryl methyl sites for hydroxylation is 2. The fourth-order valence-corrected chi connectivity index (χ4v) is 0.956. The molecule has 1 aromatic rings. The Bertz CT molecular complexity index is 245. The quantitative estimate of drug-likeness (QED) is 0.655. The van der Waals surface area contributed by atoms with Gasteiger partial charge in [0.2, 0.25) is 0 Å². The van der Waals surface area contributed by atoms with E-state index in [4.69, 9.17) is 4.84 Å². The Morgan fingerprint density at radius 3 is 2.64 bits per heavy atom. The lowest BCUT2D eigenvalue weighted by atomic mass is 10.1. The van der Waals surface area contributed by atoms with Gasteiger partial charge in [0.25, 0.3) is 0 Å². The molecule has 0 saturated carbocycles. The highest BCUT2D eigenvalue weighted by Gasteiger charge is 1.95. The molecular weight excluding hydrogens is 138 g/mol. The molecule has 0 saturated heterocycles. The molecule has 1 rings (SSSR count). The monoisotopic (exact) mass is 151 g/mol. The van der Waals surface area contributed by atoms with Crippen molar-refractivity contribution >= 4 is 5.69 Å². The first-order valence-corrected chi connectivity index (χ1v) is 3.60. The molecule has 60 valence electrons. The molecule has 0 aliphatic carbocycles. The summed E-state index contributed by atoms with van der Waals surface area (Å²) in [6.45, 7) is 4.10. The minimum Gasteiger partial charge on any atom is -0.279 e. The first kappa shape index (κ1) is 8.08. The maximum Gasteiger partial charge on any atom is 0.0636 e. The van der Waals surface area contributed by atoms with Crippen molar-refractivity contribution in [1.82, 2.24) is 0 Å². The number of hydrogen-bond acceptors (Lipinski definition) is 2. The summed E-state index contributed by atoms with van der Waals surface area (Å²) in [6, 6.07) is 6.20. The third kappa shape index (κ3) is 1.95. The van der Waals surface area contributed by atoms with Gasteiger partial charge in [-0.1, -0.05) is 12.1 Å². The first-order valence-electron chi connectivity index (χ1n) is 3.60. The number of nitrogens with one attached hydrogen (secondary N) is 1. The summed E-state index contributed by atoms with van der Waals surface area (Å²) < 4.78 is 0. The Labute approximate surface area is 67.1 Å². The van der Waals surface area contributed by atoms with Crippen molar-refractivity contribution in [3.8, 4) is 0 Å². The smallest absolute Gasteiger partial charge is 0.0636 e. The molecular formula is C9H13NO. The molecule has 0 radical (unpaired) electrons. The van der Waals surface area contributed by atoms with Gasteiger partial charge in [0, 0.05) is 0 Å². The van der Waals surface area contributed by atoms with Crippen LogP contribution in [-0.4, -0.2) is 7.11 Å². The van der Waals surface area contributed by atoms with Crippen LogP contribution in [0.5, 0.6) is 0 Å². The van der Waals surface area contributed by atoms with Crippen LogP contribution in [0.15, 0.2) is 18.2 Å². The molecule has 2 heteroatoms. The van der Waals surface area contributed by atoms with E-state index in [-0.39, 0.29) is 0 Å². The highest BCUT2D eigenvalue weighted by Crippen LogP contribution is 2.15. The van der Waals surface area contributed by atoms with Gasteiger partial charge in [-0.05, 0) is 31.0 Å². The Hall–Kier alpha value is -1.02. The second kappa shape index (κ2) is 3.39. The van der Waals surface area contributed by atoms with E-state index >= 15 is 0 Å². The second-order valence-corrected chi connectivity index (χ2v) is 2.62. The van der Waals surface area contributed by atoms with E-state index in [9.17, 15) is 0 Å². The molecule has 2 nitrogen and oxygen atoms in total. The van der Waals surface area contributed by atoms with E-state index in [0.717, 1.165) is 5.69 Å². The molecule has 0 unspecified atom stereocenters. The molecule has 1 N–H and O–H groups in total. The molecule has 0 fully saturated rings. The van der Waals surface area contributed by atoms with Crippen molar-refractivity contribution < 1.29 is 4.84 Å². The van der Waals surface area contributed by atoms with Gasteiger partial charge in [-0.3, -0.25) is 10.3 Å². The average Bonchev–Trinajstić information content (AvgIpc) is 1.98. The van der Waals surface area contributed by atoms with Gasteiger partial charge in [-0.15, -0.1) is 0 Å². The van der Waals surface area contributed by atoms with Gasteiger partial charge in [-0.25, -0.2) is 0 Å². The third-order valence-corrected chi connectivity index (χ3v) is 1.61. The van der Waals surface area contributed by atoms with E-state index in [1.54, 1.807) is 7.11 Å². The van der Waals surface area contributed by atoms with Crippen molar-refractivity contribution in [3.63, 3.8) is 0 Å². The van der Waals surface area contributed by atoms with Crippen molar-refractivity contribution in [2.75, 3.05) is 12.6 Å². The van der Waals surface area contributed by atoms with Crippen molar-refractivity contribution in [3.05, 3.63) is 29.3 Å². The number of hydrogen-bond donors (Lipinski definition) is 1. The predicted octanol–water partition coefficient (Wildman–Crippen LogP) is 2.28. The zero-order valence-corrected chi connectivity index (χ0v) is 7.14. The van der Waals surface area contributed by atoms with Gasteiger partial charge < -0.3 is 0 Å². The van der Waals surface area contributed by atoms with Gasteiger partial charge in [0.1, 0.15) is 0 Å². The van der Waals surface area contributed by atoms with Gasteiger partial charge in [0.05, 0.1) is 12.8 Å². The van der Waals surface area contributed by atoms with Crippen molar-refractivity contribution in [1.29, 1.82) is 0 Å². The summed E-state index contributed by atoms with van der Waals surface area (Å²) in [7, 11) is 1.61. The molecule has 1 aromatic carbocycles. The molecule has 0 aromatic heterocycles. The van der Waals surface area contributed by atoms with E-state index in [1.165, 1.54) is 11.1 Å². The predicted molar refractivity (Wildman–Crippen MR) is 46.5 cm³/mol. The van der Waals surface area contributed by atoms with Crippen LogP contribution in [0, 0.1) is 13.8 Å².